The third-order valence-electron chi connectivity index (χ3n) is 3.99. The molecule has 0 spiro atoms. The van der Waals surface area contributed by atoms with Crippen molar-refractivity contribution in [3.63, 3.8) is 0 Å². The van der Waals surface area contributed by atoms with Crippen molar-refractivity contribution in [2.24, 2.45) is 5.10 Å². The minimum atomic E-state index is -0.880. The number of halogens is 2. The molecule has 3 amide bonds. The number of hydrogen-bond donors (Lipinski definition) is 3. The minimum Gasteiger partial charge on any atom is -0.483 e. The summed E-state index contributed by atoms with van der Waals surface area (Å²) in [5.41, 5.74) is 3.10. The van der Waals surface area contributed by atoms with Crippen LogP contribution in [-0.4, -0.2) is 36.6 Å². The molecule has 0 saturated heterocycles. The van der Waals surface area contributed by atoms with Gasteiger partial charge in [0.25, 0.3) is 5.91 Å². The van der Waals surface area contributed by atoms with Crippen LogP contribution in [0.25, 0.3) is 0 Å². The fourth-order valence-corrected chi connectivity index (χ4v) is 2.81. The molecule has 31 heavy (non-hydrogen) atoms. The molecule has 2 rings (SSSR count). The number of ether oxygens (including phenoxy) is 1. The van der Waals surface area contributed by atoms with Crippen LogP contribution >= 0.6 is 23.2 Å². The standard InChI is InChI=1S/C21H22Cl2N4O4/c1-3-13(2)25-20(29)21(30)27-24-11-14-6-4-5-7-18(14)31-12-19(28)26-17-9-15(22)8-16(23)10-17/h4-11,13H,3,12H2,1-2H3,(H,25,29)(H,26,28)(H,27,30)/b24-11-/t13-/m1/s1. The highest BCUT2D eigenvalue weighted by Crippen LogP contribution is 2.22. The smallest absolute Gasteiger partial charge is 0.329 e. The molecule has 0 aliphatic rings. The molecule has 0 bridgehead atoms. The summed E-state index contributed by atoms with van der Waals surface area (Å²) in [4.78, 5) is 35.6. The van der Waals surface area contributed by atoms with Gasteiger partial charge in [-0.2, -0.15) is 5.10 Å². The Bertz CT molecular complexity index is 961. The van der Waals surface area contributed by atoms with Gasteiger partial charge in [-0.15, -0.1) is 0 Å². The van der Waals surface area contributed by atoms with Gasteiger partial charge in [0, 0.05) is 27.3 Å². The van der Waals surface area contributed by atoms with Crippen molar-refractivity contribution in [3.8, 4) is 5.75 Å². The average molecular weight is 465 g/mol. The first kappa shape index (κ1) is 24.2. The average Bonchev–Trinajstić information content (AvgIpc) is 2.72. The summed E-state index contributed by atoms with van der Waals surface area (Å²) < 4.78 is 5.54. The zero-order valence-corrected chi connectivity index (χ0v) is 18.5. The van der Waals surface area contributed by atoms with Gasteiger partial charge in [0.2, 0.25) is 0 Å². The van der Waals surface area contributed by atoms with E-state index in [0.717, 1.165) is 0 Å². The molecule has 0 aromatic heterocycles. The number of carbonyl (C=O) groups is 3. The summed E-state index contributed by atoms with van der Waals surface area (Å²) in [6.45, 7) is 3.40. The van der Waals surface area contributed by atoms with Crippen molar-refractivity contribution >= 4 is 52.8 Å². The van der Waals surface area contributed by atoms with E-state index in [1.807, 2.05) is 6.92 Å². The lowest BCUT2D eigenvalue weighted by molar-refractivity contribution is -0.139. The highest BCUT2D eigenvalue weighted by atomic mass is 35.5. The number of rotatable bonds is 8. The highest BCUT2D eigenvalue weighted by molar-refractivity contribution is 6.35. The van der Waals surface area contributed by atoms with Gasteiger partial charge >= 0.3 is 11.8 Å². The van der Waals surface area contributed by atoms with Gasteiger partial charge in [0.1, 0.15) is 5.75 Å². The minimum absolute atomic E-state index is 0.120. The number of hydrogen-bond acceptors (Lipinski definition) is 5. The van der Waals surface area contributed by atoms with Crippen LogP contribution in [0.15, 0.2) is 47.6 Å². The van der Waals surface area contributed by atoms with Crippen LogP contribution in [0.3, 0.4) is 0 Å². The molecule has 0 unspecified atom stereocenters. The van der Waals surface area contributed by atoms with E-state index in [1.54, 1.807) is 49.4 Å². The van der Waals surface area contributed by atoms with Crippen LogP contribution in [0.4, 0.5) is 5.69 Å². The number of benzene rings is 2. The van der Waals surface area contributed by atoms with Gasteiger partial charge in [-0.25, -0.2) is 5.43 Å². The molecule has 164 valence electrons. The fraction of sp³-hybridized carbons (Fsp3) is 0.238. The summed E-state index contributed by atoms with van der Waals surface area (Å²) in [5.74, 6) is -1.70. The quantitative estimate of drug-likeness (QED) is 0.316. The van der Waals surface area contributed by atoms with Crippen LogP contribution in [-0.2, 0) is 14.4 Å². The second-order valence-corrected chi connectivity index (χ2v) is 7.39. The predicted molar refractivity (Wildman–Crippen MR) is 121 cm³/mol. The Morgan fingerprint density at radius 2 is 1.77 bits per heavy atom. The van der Waals surface area contributed by atoms with Crippen LogP contribution in [0.1, 0.15) is 25.8 Å². The predicted octanol–water partition coefficient (Wildman–Crippen LogP) is 3.38. The molecule has 0 heterocycles. The second kappa shape index (κ2) is 11.9. The van der Waals surface area contributed by atoms with Gasteiger partial charge < -0.3 is 15.4 Å². The summed E-state index contributed by atoms with van der Waals surface area (Å²) in [6.07, 6.45) is 2.02. The molecule has 0 saturated carbocycles. The number of para-hydroxylation sites is 1. The SMILES string of the molecule is CC[C@@H](C)NC(=O)C(=O)N/N=C\c1ccccc1OCC(=O)Nc1cc(Cl)cc(Cl)c1. The zero-order chi connectivity index (χ0) is 22.8. The van der Waals surface area contributed by atoms with E-state index in [4.69, 9.17) is 27.9 Å². The van der Waals surface area contributed by atoms with Gasteiger partial charge in [0.05, 0.1) is 6.21 Å². The van der Waals surface area contributed by atoms with E-state index < -0.39 is 17.7 Å². The Morgan fingerprint density at radius 1 is 1.10 bits per heavy atom. The van der Waals surface area contributed by atoms with Gasteiger partial charge in [0.15, 0.2) is 6.61 Å². The molecular weight excluding hydrogens is 443 g/mol. The van der Waals surface area contributed by atoms with Crippen molar-refractivity contribution in [1.29, 1.82) is 0 Å². The first-order chi connectivity index (χ1) is 14.8. The van der Waals surface area contributed by atoms with Gasteiger partial charge in [-0.1, -0.05) is 42.3 Å². The molecule has 1 atom stereocenters. The molecule has 0 radical (unpaired) electrons. The first-order valence-corrected chi connectivity index (χ1v) is 10.2. The van der Waals surface area contributed by atoms with E-state index in [2.05, 4.69) is 21.2 Å². The summed E-state index contributed by atoms with van der Waals surface area (Å²) >= 11 is 11.8. The molecule has 2 aromatic carbocycles. The lowest BCUT2D eigenvalue weighted by atomic mass is 10.2. The summed E-state index contributed by atoms with van der Waals surface area (Å²) in [6, 6.07) is 11.3. The molecule has 3 N–H and O–H groups in total. The molecule has 0 aliphatic heterocycles. The number of carbonyl (C=O) groups excluding carboxylic acids is 3. The van der Waals surface area contributed by atoms with E-state index in [9.17, 15) is 14.4 Å². The lowest BCUT2D eigenvalue weighted by Crippen LogP contribution is -2.41. The maximum atomic E-state index is 12.2. The third kappa shape index (κ3) is 8.27. The topological polar surface area (TPSA) is 109 Å². The summed E-state index contributed by atoms with van der Waals surface area (Å²) in [7, 11) is 0. The number of nitrogens with one attached hydrogen (secondary N) is 3. The third-order valence-corrected chi connectivity index (χ3v) is 4.43. The van der Waals surface area contributed by atoms with Crippen LogP contribution < -0.4 is 20.8 Å². The Hall–Kier alpha value is -3.10. The number of hydrazone groups is 1. The maximum absolute atomic E-state index is 12.2. The number of anilines is 1. The lowest BCUT2D eigenvalue weighted by Gasteiger charge is -2.10. The summed E-state index contributed by atoms with van der Waals surface area (Å²) in [5, 5.41) is 9.74. The molecule has 8 nitrogen and oxygen atoms in total. The Labute approximate surface area is 189 Å². The van der Waals surface area contributed by atoms with Crippen molar-refractivity contribution < 1.29 is 19.1 Å². The van der Waals surface area contributed by atoms with E-state index in [0.29, 0.717) is 33.5 Å². The molecule has 0 aliphatic carbocycles. The van der Waals surface area contributed by atoms with Gasteiger partial charge in [-0.3, -0.25) is 14.4 Å². The van der Waals surface area contributed by atoms with Crippen molar-refractivity contribution in [2.45, 2.75) is 26.3 Å². The Kier molecular flexibility index (Phi) is 9.30. The zero-order valence-electron chi connectivity index (χ0n) is 16.9. The Balaban J connectivity index is 1.92. The molecule has 2 aromatic rings. The van der Waals surface area contributed by atoms with E-state index in [1.165, 1.54) is 6.21 Å². The van der Waals surface area contributed by atoms with Crippen molar-refractivity contribution in [1.82, 2.24) is 10.7 Å². The van der Waals surface area contributed by atoms with E-state index in [-0.39, 0.29) is 12.6 Å². The van der Waals surface area contributed by atoms with Crippen LogP contribution in [0.5, 0.6) is 5.75 Å². The second-order valence-electron chi connectivity index (χ2n) is 6.51. The largest absolute Gasteiger partial charge is 0.483 e. The molecular formula is C21H22Cl2N4O4. The van der Waals surface area contributed by atoms with Crippen molar-refractivity contribution in [2.75, 3.05) is 11.9 Å². The Morgan fingerprint density at radius 3 is 2.45 bits per heavy atom. The molecule has 0 fully saturated rings. The fourth-order valence-electron chi connectivity index (χ4n) is 2.29. The van der Waals surface area contributed by atoms with Crippen LogP contribution in [0, 0.1) is 0 Å². The monoisotopic (exact) mass is 464 g/mol. The number of amides is 3. The van der Waals surface area contributed by atoms with E-state index >= 15 is 0 Å². The number of nitrogens with zero attached hydrogens (tertiary/aromatic N) is 1. The van der Waals surface area contributed by atoms with Gasteiger partial charge in [-0.05, 0) is 43.7 Å². The normalized spacial score (nSPS) is 11.6. The maximum Gasteiger partial charge on any atom is 0.329 e. The first-order valence-electron chi connectivity index (χ1n) is 9.40. The highest BCUT2D eigenvalue weighted by Gasteiger charge is 2.14. The van der Waals surface area contributed by atoms with Crippen LogP contribution in [0.2, 0.25) is 10.0 Å². The molecule has 10 heteroatoms. The van der Waals surface area contributed by atoms with Crippen molar-refractivity contribution in [3.05, 3.63) is 58.1 Å².